The summed E-state index contributed by atoms with van der Waals surface area (Å²) in [5.74, 6) is -1.67. The molecule has 144 valence electrons. The number of carbonyl (C=O) groups excluding carboxylic acids is 2. The third-order valence-corrected chi connectivity index (χ3v) is 5.76. The van der Waals surface area contributed by atoms with Crippen molar-refractivity contribution < 1.29 is 19.5 Å². The van der Waals surface area contributed by atoms with E-state index in [4.69, 9.17) is 5.11 Å². The SMILES string of the molecule is CN1C(=O)C[C@H](C(=O)Nc2cccc(C(=O)O)c2)SC1=Nc1ccc(Br)cc1. The van der Waals surface area contributed by atoms with Gasteiger partial charge in [-0.05, 0) is 42.5 Å². The molecule has 0 spiro atoms. The zero-order valence-corrected chi connectivity index (χ0v) is 17.2. The first kappa shape index (κ1) is 20.1. The van der Waals surface area contributed by atoms with Gasteiger partial charge in [0.15, 0.2) is 5.17 Å². The smallest absolute Gasteiger partial charge is 0.335 e. The molecule has 1 atom stereocenters. The van der Waals surface area contributed by atoms with Gasteiger partial charge in [0.05, 0.1) is 11.3 Å². The maximum absolute atomic E-state index is 12.6. The summed E-state index contributed by atoms with van der Waals surface area (Å²) >= 11 is 4.55. The molecule has 9 heteroatoms. The predicted octanol–water partition coefficient (Wildman–Crippen LogP) is 3.74. The van der Waals surface area contributed by atoms with Crippen LogP contribution in [0.2, 0.25) is 0 Å². The molecule has 1 heterocycles. The molecule has 0 saturated carbocycles. The van der Waals surface area contributed by atoms with Gasteiger partial charge in [0.1, 0.15) is 5.25 Å². The number of benzene rings is 2. The normalized spacial score (nSPS) is 18.2. The second-order valence-corrected chi connectivity index (χ2v) is 8.09. The number of anilines is 1. The summed E-state index contributed by atoms with van der Waals surface area (Å²) in [6, 6.07) is 13.2. The average Bonchev–Trinajstić information content (AvgIpc) is 2.67. The zero-order valence-electron chi connectivity index (χ0n) is 14.8. The van der Waals surface area contributed by atoms with E-state index in [2.05, 4.69) is 26.2 Å². The molecule has 7 nitrogen and oxygen atoms in total. The van der Waals surface area contributed by atoms with Crippen LogP contribution in [0.1, 0.15) is 16.8 Å². The highest BCUT2D eigenvalue weighted by molar-refractivity contribution is 9.10. The fourth-order valence-corrected chi connectivity index (χ4v) is 3.81. The summed E-state index contributed by atoms with van der Waals surface area (Å²) in [6.07, 6.45) is 0.0327. The molecule has 2 amide bonds. The molecule has 0 aliphatic carbocycles. The lowest BCUT2D eigenvalue weighted by atomic mass is 10.2. The fourth-order valence-electron chi connectivity index (χ4n) is 2.48. The Bertz CT molecular complexity index is 962. The number of carboxylic acid groups (broad SMARTS) is 1. The third kappa shape index (κ3) is 4.79. The van der Waals surface area contributed by atoms with Gasteiger partial charge in [-0.3, -0.25) is 14.5 Å². The maximum atomic E-state index is 12.6. The van der Waals surface area contributed by atoms with Crippen LogP contribution in [0.15, 0.2) is 58.0 Å². The summed E-state index contributed by atoms with van der Waals surface area (Å²) in [4.78, 5) is 41.9. The molecule has 3 rings (SSSR count). The number of thioether (sulfide) groups is 1. The van der Waals surface area contributed by atoms with E-state index >= 15 is 0 Å². The van der Waals surface area contributed by atoms with Crippen molar-refractivity contribution in [1.29, 1.82) is 0 Å². The lowest BCUT2D eigenvalue weighted by molar-refractivity contribution is -0.128. The maximum Gasteiger partial charge on any atom is 0.335 e. The van der Waals surface area contributed by atoms with E-state index in [-0.39, 0.29) is 23.8 Å². The van der Waals surface area contributed by atoms with Crippen molar-refractivity contribution in [3.8, 4) is 0 Å². The molecule has 0 radical (unpaired) electrons. The van der Waals surface area contributed by atoms with Crippen molar-refractivity contribution in [2.75, 3.05) is 12.4 Å². The number of carboxylic acids is 1. The number of nitrogens with one attached hydrogen (secondary N) is 1. The minimum Gasteiger partial charge on any atom is -0.478 e. The van der Waals surface area contributed by atoms with Crippen LogP contribution in [0, 0.1) is 0 Å². The van der Waals surface area contributed by atoms with Gasteiger partial charge in [-0.2, -0.15) is 0 Å². The molecule has 1 saturated heterocycles. The number of amides is 2. The largest absolute Gasteiger partial charge is 0.478 e. The van der Waals surface area contributed by atoms with Crippen LogP contribution >= 0.6 is 27.7 Å². The van der Waals surface area contributed by atoms with Gasteiger partial charge in [0.25, 0.3) is 0 Å². The number of nitrogens with zero attached hydrogens (tertiary/aromatic N) is 2. The van der Waals surface area contributed by atoms with E-state index in [0.29, 0.717) is 16.5 Å². The first-order valence-electron chi connectivity index (χ1n) is 8.25. The molecule has 1 aliphatic heterocycles. The van der Waals surface area contributed by atoms with E-state index in [1.54, 1.807) is 31.3 Å². The first-order chi connectivity index (χ1) is 13.3. The van der Waals surface area contributed by atoms with Gasteiger partial charge in [0.2, 0.25) is 11.8 Å². The Morgan fingerprint density at radius 3 is 2.64 bits per heavy atom. The van der Waals surface area contributed by atoms with Crippen molar-refractivity contribution in [3.05, 3.63) is 58.6 Å². The predicted molar refractivity (Wildman–Crippen MR) is 112 cm³/mol. The first-order valence-corrected chi connectivity index (χ1v) is 9.92. The van der Waals surface area contributed by atoms with E-state index in [0.717, 1.165) is 4.47 Å². The van der Waals surface area contributed by atoms with Gasteiger partial charge in [-0.15, -0.1) is 0 Å². The van der Waals surface area contributed by atoms with Gasteiger partial charge in [-0.25, -0.2) is 9.79 Å². The van der Waals surface area contributed by atoms with Crippen LogP contribution in [0.3, 0.4) is 0 Å². The molecule has 0 bridgehead atoms. The quantitative estimate of drug-likeness (QED) is 0.722. The van der Waals surface area contributed by atoms with Gasteiger partial charge >= 0.3 is 5.97 Å². The van der Waals surface area contributed by atoms with Crippen LogP contribution < -0.4 is 5.32 Å². The van der Waals surface area contributed by atoms with Crippen LogP contribution in [-0.4, -0.2) is 45.3 Å². The molecule has 1 aliphatic rings. The van der Waals surface area contributed by atoms with E-state index in [9.17, 15) is 14.4 Å². The third-order valence-electron chi connectivity index (χ3n) is 3.99. The number of amidine groups is 1. The monoisotopic (exact) mass is 461 g/mol. The Labute approximate surface area is 174 Å². The number of aromatic carboxylic acids is 1. The van der Waals surface area contributed by atoms with Gasteiger partial charge in [-0.1, -0.05) is 33.8 Å². The van der Waals surface area contributed by atoms with E-state index < -0.39 is 11.2 Å². The average molecular weight is 462 g/mol. The van der Waals surface area contributed by atoms with Crippen molar-refractivity contribution in [1.82, 2.24) is 4.90 Å². The van der Waals surface area contributed by atoms with E-state index in [1.165, 1.54) is 28.8 Å². The second kappa shape index (κ2) is 8.57. The highest BCUT2D eigenvalue weighted by Gasteiger charge is 2.34. The molecule has 0 unspecified atom stereocenters. The van der Waals surface area contributed by atoms with Gasteiger partial charge < -0.3 is 10.4 Å². The summed E-state index contributed by atoms with van der Waals surface area (Å²) in [7, 11) is 1.62. The Kier molecular flexibility index (Phi) is 6.15. The van der Waals surface area contributed by atoms with E-state index in [1.807, 2.05) is 12.1 Å². The number of hydrogen-bond donors (Lipinski definition) is 2. The molecular weight excluding hydrogens is 446 g/mol. The Balaban J connectivity index is 1.77. The van der Waals surface area contributed by atoms with Crippen molar-refractivity contribution in [2.24, 2.45) is 4.99 Å². The standard InChI is InChI=1S/C19H16BrN3O4S/c1-23-16(24)10-15(28-19(23)22-13-7-5-12(20)6-8-13)17(25)21-14-4-2-3-11(9-14)18(26)27/h2-9,15H,10H2,1H3,(H,21,25)(H,26,27)/t15-/m1/s1. The van der Waals surface area contributed by atoms with Crippen LogP contribution in [0.4, 0.5) is 11.4 Å². The second-order valence-electron chi connectivity index (χ2n) is 6.01. The van der Waals surface area contributed by atoms with Crippen LogP contribution in [-0.2, 0) is 9.59 Å². The Morgan fingerprint density at radius 2 is 1.96 bits per heavy atom. The summed E-state index contributed by atoms with van der Waals surface area (Å²) in [6.45, 7) is 0. The summed E-state index contributed by atoms with van der Waals surface area (Å²) in [5, 5.41) is 11.5. The Morgan fingerprint density at radius 1 is 1.25 bits per heavy atom. The zero-order chi connectivity index (χ0) is 20.3. The molecule has 28 heavy (non-hydrogen) atoms. The molecule has 2 aromatic carbocycles. The van der Waals surface area contributed by atoms with Crippen LogP contribution in [0.25, 0.3) is 0 Å². The lowest BCUT2D eigenvalue weighted by Gasteiger charge is -2.28. The number of aliphatic imine (C=N–C) groups is 1. The summed E-state index contributed by atoms with van der Waals surface area (Å²) in [5.41, 5.74) is 1.10. The Hall–Kier alpha value is -2.65. The topological polar surface area (TPSA) is 99.1 Å². The van der Waals surface area contributed by atoms with Gasteiger partial charge in [0, 0.05) is 23.6 Å². The molecule has 1 fully saturated rings. The highest BCUT2D eigenvalue weighted by Crippen LogP contribution is 2.29. The number of halogens is 1. The molecule has 2 aromatic rings. The molecule has 0 aromatic heterocycles. The minimum atomic E-state index is -1.08. The van der Waals surface area contributed by atoms with Crippen molar-refractivity contribution in [2.45, 2.75) is 11.7 Å². The fraction of sp³-hybridized carbons (Fsp3) is 0.158. The van der Waals surface area contributed by atoms with Crippen LogP contribution in [0.5, 0.6) is 0 Å². The lowest BCUT2D eigenvalue weighted by Crippen LogP contribution is -2.43. The number of rotatable bonds is 4. The molecular formula is C19H16BrN3O4S. The molecule has 2 N–H and O–H groups in total. The minimum absolute atomic E-state index is 0.0327. The van der Waals surface area contributed by atoms with Crippen molar-refractivity contribution >= 4 is 62.0 Å². The highest BCUT2D eigenvalue weighted by atomic mass is 79.9. The summed E-state index contributed by atoms with van der Waals surface area (Å²) < 4.78 is 0.915. The number of carbonyl (C=O) groups is 3. The number of hydrogen-bond acceptors (Lipinski definition) is 5. The van der Waals surface area contributed by atoms with Crippen molar-refractivity contribution in [3.63, 3.8) is 0 Å².